The van der Waals surface area contributed by atoms with Gasteiger partial charge in [-0.3, -0.25) is 4.72 Å². The number of halogens is 3. The lowest BCUT2D eigenvalue weighted by Gasteiger charge is -2.24. The van der Waals surface area contributed by atoms with Crippen molar-refractivity contribution >= 4 is 66.2 Å². The summed E-state index contributed by atoms with van der Waals surface area (Å²) in [4.78, 5) is -0.140. The first-order valence-electron chi connectivity index (χ1n) is 6.99. The standard InChI is InChI=1S/C15H16BrCl2NO3S2/c1-4-15(2,3)8-5-6-10(20)9(7-8)19-24(21,22)12-11(16)13(17)23-14(12)18/h5-7,19-20H,4H2,1-3H3. The second-order valence-corrected chi connectivity index (χ2v) is 10.5. The number of anilines is 1. The van der Waals surface area contributed by atoms with Crippen LogP contribution in [0.2, 0.25) is 8.67 Å². The van der Waals surface area contributed by atoms with Crippen LogP contribution in [0.5, 0.6) is 5.75 Å². The summed E-state index contributed by atoms with van der Waals surface area (Å²) in [5, 5.41) is 10.0. The number of rotatable bonds is 5. The lowest BCUT2D eigenvalue weighted by Crippen LogP contribution is -2.17. The SMILES string of the molecule is CCC(C)(C)c1ccc(O)c(NS(=O)(=O)c2c(Cl)sc(Cl)c2Br)c1. The summed E-state index contributed by atoms with van der Waals surface area (Å²) in [5.74, 6) is -0.164. The lowest BCUT2D eigenvalue weighted by molar-refractivity contribution is 0.474. The number of hydrogen-bond acceptors (Lipinski definition) is 4. The summed E-state index contributed by atoms with van der Waals surface area (Å²) in [7, 11) is -4.01. The summed E-state index contributed by atoms with van der Waals surface area (Å²) in [6.07, 6.45) is 0.863. The summed E-state index contributed by atoms with van der Waals surface area (Å²) in [6, 6.07) is 4.88. The number of benzene rings is 1. The third-order valence-corrected chi connectivity index (χ3v) is 8.73. The zero-order valence-electron chi connectivity index (χ0n) is 13.2. The van der Waals surface area contributed by atoms with Crippen molar-refractivity contribution in [2.75, 3.05) is 4.72 Å². The molecule has 1 aromatic heterocycles. The van der Waals surface area contributed by atoms with Crippen LogP contribution < -0.4 is 4.72 Å². The summed E-state index contributed by atoms with van der Waals surface area (Å²) < 4.78 is 28.2. The van der Waals surface area contributed by atoms with E-state index in [1.807, 2.05) is 20.8 Å². The third kappa shape index (κ3) is 3.85. The van der Waals surface area contributed by atoms with E-state index >= 15 is 0 Å². The molecule has 0 spiro atoms. The molecule has 0 saturated heterocycles. The van der Waals surface area contributed by atoms with Crippen molar-refractivity contribution in [2.45, 2.75) is 37.5 Å². The maximum absolute atomic E-state index is 12.7. The second kappa shape index (κ2) is 7.03. The number of sulfonamides is 1. The number of thiophene rings is 1. The highest BCUT2D eigenvalue weighted by Gasteiger charge is 2.28. The fourth-order valence-corrected chi connectivity index (χ4v) is 6.63. The molecule has 4 nitrogen and oxygen atoms in total. The Morgan fingerprint density at radius 1 is 1.29 bits per heavy atom. The largest absolute Gasteiger partial charge is 0.506 e. The van der Waals surface area contributed by atoms with E-state index in [-0.39, 0.29) is 34.9 Å². The molecule has 1 heterocycles. The zero-order valence-corrected chi connectivity index (χ0v) is 17.9. The van der Waals surface area contributed by atoms with Crippen molar-refractivity contribution in [1.29, 1.82) is 0 Å². The average Bonchev–Trinajstić information content (AvgIpc) is 2.74. The Labute approximate surface area is 164 Å². The topological polar surface area (TPSA) is 66.4 Å². The molecule has 0 aliphatic heterocycles. The number of aromatic hydroxyl groups is 1. The van der Waals surface area contributed by atoms with Crippen LogP contribution in [0.15, 0.2) is 27.6 Å². The fourth-order valence-electron chi connectivity index (χ4n) is 2.01. The van der Waals surface area contributed by atoms with Gasteiger partial charge < -0.3 is 5.11 Å². The molecule has 0 bridgehead atoms. The quantitative estimate of drug-likeness (QED) is 0.523. The molecule has 2 N–H and O–H groups in total. The molecule has 2 aromatic rings. The van der Waals surface area contributed by atoms with Crippen molar-refractivity contribution < 1.29 is 13.5 Å². The molecule has 24 heavy (non-hydrogen) atoms. The van der Waals surface area contributed by atoms with Crippen molar-refractivity contribution in [2.24, 2.45) is 0 Å². The van der Waals surface area contributed by atoms with Gasteiger partial charge >= 0.3 is 0 Å². The Morgan fingerprint density at radius 3 is 2.42 bits per heavy atom. The van der Waals surface area contributed by atoms with Crippen molar-refractivity contribution in [3.8, 4) is 5.75 Å². The monoisotopic (exact) mass is 471 g/mol. The molecule has 0 fully saturated rings. The van der Waals surface area contributed by atoms with E-state index in [0.29, 0.717) is 0 Å². The van der Waals surface area contributed by atoms with Crippen molar-refractivity contribution in [1.82, 2.24) is 0 Å². The smallest absolute Gasteiger partial charge is 0.265 e. The van der Waals surface area contributed by atoms with Crippen LogP contribution in [0.4, 0.5) is 5.69 Å². The van der Waals surface area contributed by atoms with Gasteiger partial charge in [0.2, 0.25) is 0 Å². The average molecular weight is 473 g/mol. The summed E-state index contributed by atoms with van der Waals surface area (Å²) >= 11 is 16.0. The van der Waals surface area contributed by atoms with Crippen LogP contribution in [0.3, 0.4) is 0 Å². The van der Waals surface area contributed by atoms with E-state index in [1.54, 1.807) is 12.1 Å². The molecule has 2 rings (SSSR count). The van der Waals surface area contributed by atoms with Crippen LogP contribution >= 0.6 is 50.5 Å². The molecule has 0 aliphatic carbocycles. The van der Waals surface area contributed by atoms with Crippen molar-refractivity contribution in [3.63, 3.8) is 0 Å². The maximum Gasteiger partial charge on any atom is 0.265 e. The van der Waals surface area contributed by atoms with Gasteiger partial charge in [0.1, 0.15) is 19.3 Å². The van der Waals surface area contributed by atoms with E-state index < -0.39 is 10.0 Å². The van der Waals surface area contributed by atoms with Crippen LogP contribution in [0.25, 0.3) is 0 Å². The number of nitrogens with one attached hydrogen (secondary N) is 1. The van der Waals surface area contributed by atoms with Gasteiger partial charge in [0.25, 0.3) is 10.0 Å². The molecule has 132 valence electrons. The second-order valence-electron chi connectivity index (χ2n) is 5.87. The molecular weight excluding hydrogens is 457 g/mol. The minimum Gasteiger partial charge on any atom is -0.506 e. The Kier molecular flexibility index (Phi) is 5.82. The first-order chi connectivity index (χ1) is 11.0. The highest BCUT2D eigenvalue weighted by molar-refractivity contribution is 9.10. The van der Waals surface area contributed by atoms with Gasteiger partial charge in [0.05, 0.1) is 10.2 Å². The lowest BCUT2D eigenvalue weighted by atomic mass is 9.82. The molecule has 0 atom stereocenters. The first kappa shape index (κ1) is 19.8. The molecule has 0 aliphatic rings. The van der Waals surface area contributed by atoms with Gasteiger partial charge in [0, 0.05) is 0 Å². The molecule has 0 radical (unpaired) electrons. The predicted molar refractivity (Wildman–Crippen MR) is 104 cm³/mol. The van der Waals surface area contributed by atoms with Gasteiger partial charge in [-0.25, -0.2) is 8.42 Å². The fraction of sp³-hybridized carbons (Fsp3) is 0.333. The Hall–Kier alpha value is -0.470. The Bertz CT molecular complexity index is 879. The normalized spacial score (nSPS) is 12.4. The van der Waals surface area contributed by atoms with Gasteiger partial charge in [-0.15, -0.1) is 11.3 Å². The zero-order chi connectivity index (χ0) is 18.3. The van der Waals surface area contributed by atoms with Crippen LogP contribution in [0.1, 0.15) is 32.8 Å². The van der Waals surface area contributed by atoms with Gasteiger partial charge in [0.15, 0.2) is 0 Å². The van der Waals surface area contributed by atoms with E-state index in [4.69, 9.17) is 23.2 Å². The highest BCUT2D eigenvalue weighted by Crippen LogP contribution is 2.44. The molecule has 0 amide bonds. The Balaban J connectivity index is 2.49. The van der Waals surface area contributed by atoms with Crippen LogP contribution in [-0.2, 0) is 15.4 Å². The number of hydrogen-bond donors (Lipinski definition) is 2. The summed E-state index contributed by atoms with van der Waals surface area (Å²) in [6.45, 7) is 6.13. The van der Waals surface area contributed by atoms with E-state index in [1.165, 1.54) is 6.07 Å². The minimum absolute atomic E-state index is 0.0453. The minimum atomic E-state index is -4.01. The van der Waals surface area contributed by atoms with Crippen LogP contribution in [-0.4, -0.2) is 13.5 Å². The van der Waals surface area contributed by atoms with Crippen molar-refractivity contribution in [3.05, 3.63) is 36.9 Å². The van der Waals surface area contributed by atoms with E-state index in [9.17, 15) is 13.5 Å². The number of phenolic OH excluding ortho intramolecular Hbond substituents is 1. The van der Waals surface area contributed by atoms with Gasteiger partial charge in [-0.2, -0.15) is 0 Å². The predicted octanol–water partition coefficient (Wildman–Crippen LogP) is 6.01. The molecule has 0 unspecified atom stereocenters. The first-order valence-corrected chi connectivity index (χ1v) is 10.8. The number of phenols is 1. The highest BCUT2D eigenvalue weighted by atomic mass is 79.9. The van der Waals surface area contributed by atoms with E-state index in [2.05, 4.69) is 20.7 Å². The van der Waals surface area contributed by atoms with E-state index in [0.717, 1.165) is 23.3 Å². The van der Waals surface area contributed by atoms with Gasteiger partial charge in [-0.05, 0) is 45.5 Å². The Morgan fingerprint density at radius 2 is 1.92 bits per heavy atom. The molecule has 0 saturated carbocycles. The summed E-state index contributed by atoms with van der Waals surface area (Å²) in [5.41, 5.74) is 0.853. The van der Waals surface area contributed by atoms with Crippen LogP contribution in [0, 0.1) is 0 Å². The maximum atomic E-state index is 12.7. The molecular formula is C15H16BrCl2NO3S2. The molecule has 1 aromatic carbocycles. The molecule has 9 heteroatoms. The van der Waals surface area contributed by atoms with Gasteiger partial charge in [-0.1, -0.05) is 50.0 Å². The third-order valence-electron chi connectivity index (χ3n) is 3.90.